The number of hydrogen-bond donors (Lipinski definition) is 1. The van der Waals surface area contributed by atoms with Crippen LogP contribution in [0.1, 0.15) is 64.9 Å². The molecule has 0 spiro atoms. The Morgan fingerprint density at radius 1 is 1.19 bits per heavy atom. The predicted octanol–water partition coefficient (Wildman–Crippen LogP) is 3.28. The van der Waals surface area contributed by atoms with E-state index in [1.165, 1.54) is 19.8 Å². The van der Waals surface area contributed by atoms with E-state index in [0.29, 0.717) is 24.6 Å². The molecule has 1 amide bonds. The molecule has 4 atom stereocenters. The molecule has 3 rings (SSSR count). The highest BCUT2D eigenvalue weighted by atomic mass is 16.5. The summed E-state index contributed by atoms with van der Waals surface area (Å²) in [4.78, 5) is 25.9. The molecule has 4 unspecified atom stereocenters. The van der Waals surface area contributed by atoms with Gasteiger partial charge in [-0.15, -0.1) is 0 Å². The van der Waals surface area contributed by atoms with Crippen LogP contribution >= 0.6 is 0 Å². The van der Waals surface area contributed by atoms with Gasteiger partial charge in [0.15, 0.2) is 17.6 Å². The van der Waals surface area contributed by atoms with Crippen molar-refractivity contribution in [1.29, 1.82) is 0 Å². The zero-order valence-electron chi connectivity index (χ0n) is 19.2. The maximum absolute atomic E-state index is 12.9. The largest absolute Gasteiger partial charge is 0.493 e. The summed E-state index contributed by atoms with van der Waals surface area (Å²) >= 11 is 0. The van der Waals surface area contributed by atoms with Crippen LogP contribution in [0.15, 0.2) is 18.2 Å². The number of esters is 1. The highest BCUT2D eigenvalue weighted by molar-refractivity contribution is 5.83. The first kappa shape index (κ1) is 23.4. The quantitative estimate of drug-likeness (QED) is 0.665. The number of likely N-dealkylation sites (tertiary alicyclic amines) is 1. The molecule has 0 radical (unpaired) electrons. The Bertz CT molecular complexity index is 803. The monoisotopic (exact) mass is 433 g/mol. The number of aliphatic hydroxyl groups is 1. The van der Waals surface area contributed by atoms with E-state index in [1.807, 2.05) is 25.1 Å². The van der Waals surface area contributed by atoms with E-state index in [0.717, 1.165) is 18.4 Å². The normalized spacial score (nSPS) is 25.9. The molecule has 7 nitrogen and oxygen atoms in total. The van der Waals surface area contributed by atoms with Crippen molar-refractivity contribution in [1.82, 2.24) is 4.90 Å². The molecule has 0 aromatic heterocycles. The molecule has 1 aliphatic carbocycles. The van der Waals surface area contributed by atoms with Gasteiger partial charge < -0.3 is 24.2 Å². The van der Waals surface area contributed by atoms with Gasteiger partial charge in [-0.2, -0.15) is 0 Å². The molecule has 0 bridgehead atoms. The standard InChI is InChI=1S/C24H35NO6/c1-15(30-17(3)27)23(28)25-13-20(24(4,14-25)16(2)26)18-10-11-21(29-5)22(12-18)31-19-8-6-7-9-19/h10-12,15-16,19-20,26H,6-9,13-14H2,1-5H3. The Hall–Kier alpha value is -2.28. The fraction of sp³-hybridized carbons (Fsp3) is 0.667. The molecule has 2 fully saturated rings. The van der Waals surface area contributed by atoms with Gasteiger partial charge in [-0.1, -0.05) is 13.0 Å². The van der Waals surface area contributed by atoms with Crippen LogP contribution in [0.3, 0.4) is 0 Å². The smallest absolute Gasteiger partial charge is 0.303 e. The topological polar surface area (TPSA) is 85.3 Å². The van der Waals surface area contributed by atoms with Gasteiger partial charge in [0.1, 0.15) is 0 Å². The van der Waals surface area contributed by atoms with Crippen molar-refractivity contribution in [2.45, 2.75) is 77.6 Å². The molecule has 2 aliphatic rings. The lowest BCUT2D eigenvalue weighted by atomic mass is 9.72. The molecular weight excluding hydrogens is 398 g/mol. The van der Waals surface area contributed by atoms with Crippen LogP contribution < -0.4 is 9.47 Å². The van der Waals surface area contributed by atoms with Crippen molar-refractivity contribution < 1.29 is 28.9 Å². The van der Waals surface area contributed by atoms with Crippen LogP contribution in [0, 0.1) is 5.41 Å². The van der Waals surface area contributed by atoms with E-state index in [2.05, 4.69) is 0 Å². The average Bonchev–Trinajstić information content (AvgIpc) is 3.35. The summed E-state index contributed by atoms with van der Waals surface area (Å²) in [5, 5.41) is 10.6. The van der Waals surface area contributed by atoms with Gasteiger partial charge >= 0.3 is 5.97 Å². The first-order valence-corrected chi connectivity index (χ1v) is 11.1. The molecule has 7 heteroatoms. The number of carbonyl (C=O) groups is 2. The Morgan fingerprint density at radius 2 is 1.87 bits per heavy atom. The third-order valence-electron chi connectivity index (χ3n) is 6.87. The highest BCUT2D eigenvalue weighted by Crippen LogP contribution is 2.47. The fourth-order valence-electron chi connectivity index (χ4n) is 4.84. The number of nitrogens with zero attached hydrogens (tertiary/aromatic N) is 1. The summed E-state index contributed by atoms with van der Waals surface area (Å²) in [6.45, 7) is 7.44. The van der Waals surface area contributed by atoms with Crippen molar-refractivity contribution in [2.24, 2.45) is 5.41 Å². The van der Waals surface area contributed by atoms with Gasteiger partial charge in [0.05, 0.1) is 19.3 Å². The van der Waals surface area contributed by atoms with Crippen LogP contribution in [0.25, 0.3) is 0 Å². The van der Waals surface area contributed by atoms with E-state index >= 15 is 0 Å². The van der Waals surface area contributed by atoms with Crippen LogP contribution in [0.4, 0.5) is 0 Å². The SMILES string of the molecule is COc1ccc(C2CN(C(=O)C(C)OC(C)=O)CC2(C)C(C)O)cc1OC1CCCC1. The van der Waals surface area contributed by atoms with Gasteiger partial charge in [0.2, 0.25) is 0 Å². The maximum Gasteiger partial charge on any atom is 0.303 e. The first-order chi connectivity index (χ1) is 14.7. The molecule has 1 N–H and O–H groups in total. The second-order valence-electron chi connectivity index (χ2n) is 9.14. The first-order valence-electron chi connectivity index (χ1n) is 11.1. The predicted molar refractivity (Wildman–Crippen MR) is 116 cm³/mol. The summed E-state index contributed by atoms with van der Waals surface area (Å²) < 4.78 is 16.9. The number of ether oxygens (including phenoxy) is 3. The molecule has 172 valence electrons. The van der Waals surface area contributed by atoms with Crippen molar-refractivity contribution in [2.75, 3.05) is 20.2 Å². The molecule has 1 aromatic carbocycles. The van der Waals surface area contributed by atoms with Crippen LogP contribution in [-0.2, 0) is 14.3 Å². The Morgan fingerprint density at radius 3 is 2.45 bits per heavy atom. The fourth-order valence-corrected chi connectivity index (χ4v) is 4.84. The average molecular weight is 434 g/mol. The summed E-state index contributed by atoms with van der Waals surface area (Å²) in [7, 11) is 1.63. The number of benzene rings is 1. The second-order valence-corrected chi connectivity index (χ2v) is 9.14. The second kappa shape index (κ2) is 9.47. The lowest BCUT2D eigenvalue weighted by Crippen LogP contribution is -2.41. The van der Waals surface area contributed by atoms with Crippen molar-refractivity contribution in [3.05, 3.63) is 23.8 Å². The van der Waals surface area contributed by atoms with Gasteiger partial charge in [-0.05, 0) is 57.2 Å². The summed E-state index contributed by atoms with van der Waals surface area (Å²) in [5.74, 6) is 0.554. The van der Waals surface area contributed by atoms with E-state index in [-0.39, 0.29) is 17.9 Å². The van der Waals surface area contributed by atoms with Gasteiger partial charge in [-0.25, -0.2) is 0 Å². The minimum absolute atomic E-state index is 0.0992. The summed E-state index contributed by atoms with van der Waals surface area (Å²) in [6, 6.07) is 5.87. The Labute approximate surface area is 184 Å². The highest BCUT2D eigenvalue weighted by Gasteiger charge is 2.49. The lowest BCUT2D eigenvalue weighted by Gasteiger charge is -2.34. The van der Waals surface area contributed by atoms with Crippen molar-refractivity contribution in [3.8, 4) is 11.5 Å². The third-order valence-corrected chi connectivity index (χ3v) is 6.87. The number of rotatable bonds is 7. The minimum Gasteiger partial charge on any atom is -0.493 e. The number of aliphatic hydroxyl groups excluding tert-OH is 1. The number of amides is 1. The molecule has 1 heterocycles. The number of methoxy groups -OCH3 is 1. The van der Waals surface area contributed by atoms with Gasteiger partial charge in [0, 0.05) is 31.3 Å². The lowest BCUT2D eigenvalue weighted by molar-refractivity contribution is -0.157. The van der Waals surface area contributed by atoms with E-state index in [4.69, 9.17) is 14.2 Å². The van der Waals surface area contributed by atoms with Crippen LogP contribution in [0.2, 0.25) is 0 Å². The Kier molecular flexibility index (Phi) is 7.14. The Balaban J connectivity index is 1.88. The number of carbonyl (C=O) groups excluding carboxylic acids is 2. The minimum atomic E-state index is -0.855. The molecule has 1 aliphatic heterocycles. The zero-order chi connectivity index (χ0) is 22.8. The van der Waals surface area contributed by atoms with Crippen molar-refractivity contribution in [3.63, 3.8) is 0 Å². The van der Waals surface area contributed by atoms with E-state index in [9.17, 15) is 14.7 Å². The van der Waals surface area contributed by atoms with Crippen LogP contribution in [-0.4, -0.2) is 60.4 Å². The number of hydrogen-bond acceptors (Lipinski definition) is 6. The van der Waals surface area contributed by atoms with Gasteiger partial charge in [-0.3, -0.25) is 9.59 Å². The summed E-state index contributed by atoms with van der Waals surface area (Å²) in [6.07, 6.45) is 3.13. The zero-order valence-corrected chi connectivity index (χ0v) is 19.2. The maximum atomic E-state index is 12.9. The summed E-state index contributed by atoms with van der Waals surface area (Å²) in [5.41, 5.74) is 0.442. The van der Waals surface area contributed by atoms with Crippen LogP contribution in [0.5, 0.6) is 11.5 Å². The molecular formula is C24H35NO6. The van der Waals surface area contributed by atoms with Gasteiger partial charge in [0.25, 0.3) is 5.91 Å². The van der Waals surface area contributed by atoms with Crippen molar-refractivity contribution >= 4 is 11.9 Å². The molecule has 1 aromatic rings. The molecule has 1 saturated carbocycles. The van der Waals surface area contributed by atoms with E-state index < -0.39 is 23.6 Å². The molecule has 1 saturated heterocycles. The third kappa shape index (κ3) is 4.97. The van der Waals surface area contributed by atoms with E-state index in [1.54, 1.807) is 25.9 Å². The molecule has 31 heavy (non-hydrogen) atoms.